The van der Waals surface area contributed by atoms with Crippen molar-refractivity contribution in [1.29, 1.82) is 0 Å². The summed E-state index contributed by atoms with van der Waals surface area (Å²) in [5.74, 6) is 0. The predicted molar refractivity (Wildman–Crippen MR) is 92.1 cm³/mol. The quantitative estimate of drug-likeness (QED) is 0.833. The van der Waals surface area contributed by atoms with E-state index in [0.717, 1.165) is 18.5 Å². The van der Waals surface area contributed by atoms with Crippen LogP contribution in [0.3, 0.4) is 0 Å². The average Bonchev–Trinajstić information content (AvgIpc) is 2.49. The summed E-state index contributed by atoms with van der Waals surface area (Å²) in [7, 11) is 0. The van der Waals surface area contributed by atoms with Crippen molar-refractivity contribution in [3.63, 3.8) is 0 Å². The number of hydrogen-bond donors (Lipinski definition) is 1. The van der Waals surface area contributed by atoms with Gasteiger partial charge in [0.05, 0.1) is 10.0 Å². The van der Waals surface area contributed by atoms with Crippen molar-refractivity contribution in [3.05, 3.63) is 33.8 Å². The molecule has 21 heavy (non-hydrogen) atoms. The highest BCUT2D eigenvalue weighted by molar-refractivity contribution is 6.42. The van der Waals surface area contributed by atoms with Crippen molar-refractivity contribution in [1.82, 2.24) is 4.90 Å². The minimum absolute atomic E-state index is 0.0457. The first-order chi connectivity index (χ1) is 9.95. The zero-order chi connectivity index (χ0) is 15.5. The fourth-order valence-electron chi connectivity index (χ4n) is 2.95. The van der Waals surface area contributed by atoms with E-state index < -0.39 is 0 Å². The average molecular weight is 329 g/mol. The summed E-state index contributed by atoms with van der Waals surface area (Å²) in [4.78, 5) is 2.52. The highest BCUT2D eigenvalue weighted by Gasteiger charge is 2.28. The van der Waals surface area contributed by atoms with E-state index in [9.17, 15) is 0 Å². The molecule has 4 heteroatoms. The van der Waals surface area contributed by atoms with Gasteiger partial charge in [-0.3, -0.25) is 0 Å². The van der Waals surface area contributed by atoms with Crippen molar-refractivity contribution in [2.75, 3.05) is 19.6 Å². The van der Waals surface area contributed by atoms with Crippen LogP contribution in [-0.2, 0) is 0 Å². The molecule has 0 aliphatic carbocycles. The molecule has 0 saturated carbocycles. The molecule has 0 aromatic heterocycles. The minimum Gasteiger partial charge on any atom is -0.324 e. The molecule has 1 aromatic rings. The van der Waals surface area contributed by atoms with Crippen LogP contribution in [0.4, 0.5) is 0 Å². The predicted octanol–water partition coefficient (Wildman–Crippen LogP) is 4.90. The maximum Gasteiger partial charge on any atom is 0.0640 e. The molecule has 1 heterocycles. The summed E-state index contributed by atoms with van der Waals surface area (Å²) in [6.07, 6.45) is 4.77. The van der Waals surface area contributed by atoms with Crippen LogP contribution < -0.4 is 5.73 Å². The third-order valence-corrected chi connectivity index (χ3v) is 5.89. The Hall–Kier alpha value is -0.280. The first-order valence-electron chi connectivity index (χ1n) is 7.87. The molecule has 1 atom stereocenters. The Morgan fingerprint density at radius 3 is 2.57 bits per heavy atom. The van der Waals surface area contributed by atoms with E-state index >= 15 is 0 Å². The largest absolute Gasteiger partial charge is 0.324 e. The second-order valence-corrected chi connectivity index (χ2v) is 7.33. The van der Waals surface area contributed by atoms with Crippen molar-refractivity contribution in [2.24, 2.45) is 11.1 Å². The lowest BCUT2D eigenvalue weighted by molar-refractivity contribution is 0.112. The van der Waals surface area contributed by atoms with E-state index in [0.29, 0.717) is 15.5 Å². The van der Waals surface area contributed by atoms with Gasteiger partial charge in [-0.15, -0.1) is 0 Å². The third-order valence-electron chi connectivity index (χ3n) is 5.05. The molecule has 1 aliphatic rings. The SMILES string of the molecule is CCC1(C)CCN(CCC(N)c2cccc(Cl)c2Cl)CC1. The Morgan fingerprint density at radius 2 is 1.95 bits per heavy atom. The molecule has 1 unspecified atom stereocenters. The molecule has 1 aliphatic heterocycles. The number of nitrogens with two attached hydrogens (primary N) is 1. The molecule has 1 saturated heterocycles. The van der Waals surface area contributed by atoms with Gasteiger partial charge < -0.3 is 10.6 Å². The number of benzene rings is 1. The maximum atomic E-state index is 6.29. The van der Waals surface area contributed by atoms with Crippen LogP contribution in [0.2, 0.25) is 10.0 Å². The summed E-state index contributed by atoms with van der Waals surface area (Å²) in [6.45, 7) is 8.10. The minimum atomic E-state index is -0.0457. The zero-order valence-corrected chi connectivity index (χ0v) is 14.6. The van der Waals surface area contributed by atoms with Crippen LogP contribution in [-0.4, -0.2) is 24.5 Å². The lowest BCUT2D eigenvalue weighted by Gasteiger charge is -2.39. The number of likely N-dealkylation sites (tertiary alicyclic amines) is 1. The van der Waals surface area contributed by atoms with Crippen LogP contribution in [0.15, 0.2) is 18.2 Å². The van der Waals surface area contributed by atoms with Crippen molar-refractivity contribution >= 4 is 23.2 Å². The molecule has 0 amide bonds. The smallest absolute Gasteiger partial charge is 0.0640 e. The van der Waals surface area contributed by atoms with E-state index in [-0.39, 0.29) is 6.04 Å². The Kier molecular flexibility index (Phi) is 5.96. The van der Waals surface area contributed by atoms with Gasteiger partial charge in [-0.1, -0.05) is 55.6 Å². The van der Waals surface area contributed by atoms with Crippen molar-refractivity contribution in [3.8, 4) is 0 Å². The second-order valence-electron chi connectivity index (χ2n) is 6.54. The fraction of sp³-hybridized carbons (Fsp3) is 0.647. The van der Waals surface area contributed by atoms with Crippen LogP contribution >= 0.6 is 23.2 Å². The maximum absolute atomic E-state index is 6.29. The van der Waals surface area contributed by atoms with Crippen LogP contribution in [0.25, 0.3) is 0 Å². The molecule has 0 bridgehead atoms. The number of hydrogen-bond acceptors (Lipinski definition) is 2. The van der Waals surface area contributed by atoms with E-state index in [1.54, 1.807) is 6.07 Å². The molecule has 2 nitrogen and oxygen atoms in total. The fourth-order valence-corrected chi connectivity index (χ4v) is 3.40. The van der Waals surface area contributed by atoms with Crippen molar-refractivity contribution < 1.29 is 0 Å². The van der Waals surface area contributed by atoms with Gasteiger partial charge in [0.1, 0.15) is 0 Å². The highest BCUT2D eigenvalue weighted by atomic mass is 35.5. The Balaban J connectivity index is 1.85. The van der Waals surface area contributed by atoms with Gasteiger partial charge >= 0.3 is 0 Å². The second kappa shape index (κ2) is 7.32. The Morgan fingerprint density at radius 1 is 1.29 bits per heavy atom. The van der Waals surface area contributed by atoms with E-state index in [2.05, 4.69) is 18.7 Å². The molecule has 0 radical (unpaired) electrons. The lowest BCUT2D eigenvalue weighted by atomic mass is 9.78. The third kappa shape index (κ3) is 4.35. The topological polar surface area (TPSA) is 29.3 Å². The molecular formula is C17H26Cl2N2. The first kappa shape index (κ1) is 17.1. The standard InChI is InChI=1S/C17H26Cl2N2/c1-3-17(2)8-11-21(12-9-17)10-7-15(20)13-5-4-6-14(18)16(13)19/h4-6,15H,3,7-12,20H2,1-2H3. The molecular weight excluding hydrogens is 303 g/mol. The van der Waals surface area contributed by atoms with Crippen molar-refractivity contribution in [2.45, 2.75) is 45.6 Å². The number of rotatable bonds is 5. The van der Waals surface area contributed by atoms with Gasteiger partial charge in [0.25, 0.3) is 0 Å². The van der Waals surface area contributed by atoms with Gasteiger partial charge in [-0.25, -0.2) is 0 Å². The van der Waals surface area contributed by atoms with Gasteiger partial charge in [-0.2, -0.15) is 0 Å². The lowest BCUT2D eigenvalue weighted by Crippen LogP contribution is -2.39. The zero-order valence-electron chi connectivity index (χ0n) is 13.0. The molecule has 0 spiro atoms. The van der Waals surface area contributed by atoms with Crippen LogP contribution in [0, 0.1) is 5.41 Å². The number of nitrogens with zero attached hydrogens (tertiary/aromatic N) is 1. The summed E-state index contributed by atoms with van der Waals surface area (Å²) in [6, 6.07) is 5.65. The summed E-state index contributed by atoms with van der Waals surface area (Å²) in [5.41, 5.74) is 7.79. The van der Waals surface area contributed by atoms with E-state index in [4.69, 9.17) is 28.9 Å². The highest BCUT2D eigenvalue weighted by Crippen LogP contribution is 2.34. The van der Waals surface area contributed by atoms with Gasteiger partial charge in [0.2, 0.25) is 0 Å². The summed E-state index contributed by atoms with van der Waals surface area (Å²) >= 11 is 12.3. The van der Waals surface area contributed by atoms with Gasteiger partial charge in [0.15, 0.2) is 0 Å². The van der Waals surface area contributed by atoms with E-state index in [1.165, 1.54) is 32.4 Å². The molecule has 2 rings (SSSR count). The monoisotopic (exact) mass is 328 g/mol. The number of piperidine rings is 1. The van der Waals surface area contributed by atoms with Gasteiger partial charge in [0, 0.05) is 6.04 Å². The molecule has 118 valence electrons. The van der Waals surface area contributed by atoms with Gasteiger partial charge in [-0.05, 0) is 55.9 Å². The van der Waals surface area contributed by atoms with Crippen LogP contribution in [0.1, 0.15) is 51.1 Å². The normalized spacial score (nSPS) is 20.4. The Bertz CT molecular complexity index is 468. The summed E-state index contributed by atoms with van der Waals surface area (Å²) in [5, 5.41) is 1.19. The molecule has 1 fully saturated rings. The van der Waals surface area contributed by atoms with Crippen LogP contribution in [0.5, 0.6) is 0 Å². The first-order valence-corrected chi connectivity index (χ1v) is 8.62. The molecule has 2 N–H and O–H groups in total. The van der Waals surface area contributed by atoms with E-state index in [1.807, 2.05) is 12.1 Å². The molecule has 1 aromatic carbocycles. The summed E-state index contributed by atoms with van der Waals surface area (Å²) < 4.78 is 0. The number of halogens is 2. The Labute approximate surface area is 138 Å².